The van der Waals surface area contributed by atoms with Gasteiger partial charge in [0.05, 0.1) is 5.33 Å². The summed E-state index contributed by atoms with van der Waals surface area (Å²) < 4.78 is 6.40. The van der Waals surface area contributed by atoms with Gasteiger partial charge in [0, 0.05) is 0 Å². The summed E-state index contributed by atoms with van der Waals surface area (Å²) in [5.74, 6) is 6.39. The molecule has 1 atom stereocenters. The van der Waals surface area contributed by atoms with Crippen molar-refractivity contribution in [1.82, 2.24) is 0 Å². The van der Waals surface area contributed by atoms with Crippen molar-refractivity contribution in [1.29, 1.82) is 0 Å². The highest BCUT2D eigenvalue weighted by Crippen LogP contribution is 2.37. The van der Waals surface area contributed by atoms with Crippen LogP contribution in [0.4, 0.5) is 0 Å². The molecule has 0 spiro atoms. The van der Waals surface area contributed by atoms with Gasteiger partial charge in [-0.3, -0.25) is 0 Å². The maximum Gasteiger partial charge on any atom is 0.193 e. The standard InChI is InChI=1S/C15H29BrOSi/c1-7-8-9-11-14(12-10-13-16)17-18(5,6)15(2,3)4/h14H,7-9,11,13H2,1-6H3/t14-/m0/s1. The molecular formula is C15H29BrOSi. The molecule has 0 aromatic heterocycles. The summed E-state index contributed by atoms with van der Waals surface area (Å²) in [6, 6.07) is 0. The smallest absolute Gasteiger partial charge is 0.193 e. The van der Waals surface area contributed by atoms with E-state index in [2.05, 4.69) is 68.6 Å². The fourth-order valence-electron chi connectivity index (χ4n) is 1.43. The van der Waals surface area contributed by atoms with E-state index in [-0.39, 0.29) is 11.1 Å². The summed E-state index contributed by atoms with van der Waals surface area (Å²) in [5, 5.41) is 0.990. The molecule has 0 saturated heterocycles. The van der Waals surface area contributed by atoms with Crippen LogP contribution >= 0.6 is 15.9 Å². The Morgan fingerprint density at radius 1 is 1.22 bits per heavy atom. The van der Waals surface area contributed by atoms with E-state index in [0.29, 0.717) is 0 Å². The Morgan fingerprint density at radius 3 is 2.28 bits per heavy atom. The van der Waals surface area contributed by atoms with Crippen molar-refractivity contribution < 1.29 is 4.43 Å². The second kappa shape index (κ2) is 8.40. The third-order valence-corrected chi connectivity index (χ3v) is 8.41. The van der Waals surface area contributed by atoms with Crippen molar-refractivity contribution >= 4 is 24.2 Å². The highest BCUT2D eigenvalue weighted by molar-refractivity contribution is 9.09. The zero-order chi connectivity index (χ0) is 14.2. The minimum atomic E-state index is -1.70. The van der Waals surface area contributed by atoms with Gasteiger partial charge in [-0.2, -0.15) is 0 Å². The van der Waals surface area contributed by atoms with Crippen LogP contribution < -0.4 is 0 Å². The van der Waals surface area contributed by atoms with Gasteiger partial charge in [0.15, 0.2) is 8.32 Å². The van der Waals surface area contributed by atoms with Crippen molar-refractivity contribution in [2.75, 3.05) is 5.33 Å². The van der Waals surface area contributed by atoms with Crippen molar-refractivity contribution in [3.8, 4) is 11.8 Å². The van der Waals surface area contributed by atoms with Crippen LogP contribution in [0, 0.1) is 11.8 Å². The van der Waals surface area contributed by atoms with Gasteiger partial charge in [-0.15, -0.1) is 0 Å². The van der Waals surface area contributed by atoms with Crippen LogP contribution in [-0.4, -0.2) is 19.8 Å². The first kappa shape index (κ1) is 18.2. The second-order valence-corrected chi connectivity index (χ2v) is 11.6. The van der Waals surface area contributed by atoms with Crippen molar-refractivity contribution in [3.63, 3.8) is 0 Å². The van der Waals surface area contributed by atoms with Crippen LogP contribution in [0.5, 0.6) is 0 Å². The molecule has 0 aliphatic carbocycles. The maximum atomic E-state index is 6.40. The summed E-state index contributed by atoms with van der Waals surface area (Å²) in [4.78, 5) is 0. The van der Waals surface area contributed by atoms with Crippen molar-refractivity contribution in [2.24, 2.45) is 0 Å². The molecular weight excluding hydrogens is 304 g/mol. The molecule has 106 valence electrons. The first-order valence-corrected chi connectivity index (χ1v) is 11.0. The Kier molecular flexibility index (Phi) is 8.50. The lowest BCUT2D eigenvalue weighted by molar-refractivity contribution is 0.219. The summed E-state index contributed by atoms with van der Waals surface area (Å²) in [7, 11) is -1.70. The van der Waals surface area contributed by atoms with E-state index < -0.39 is 8.32 Å². The average Bonchev–Trinajstić information content (AvgIpc) is 2.24. The van der Waals surface area contributed by atoms with Gasteiger partial charge in [0.1, 0.15) is 6.10 Å². The van der Waals surface area contributed by atoms with Crippen LogP contribution in [0.1, 0.15) is 53.4 Å². The summed E-state index contributed by atoms with van der Waals surface area (Å²) in [6.07, 6.45) is 4.93. The summed E-state index contributed by atoms with van der Waals surface area (Å²) in [6.45, 7) is 13.7. The van der Waals surface area contributed by atoms with Crippen LogP contribution in [0.3, 0.4) is 0 Å². The molecule has 0 aliphatic rings. The van der Waals surface area contributed by atoms with Crippen LogP contribution in [0.2, 0.25) is 18.1 Å². The maximum absolute atomic E-state index is 6.40. The second-order valence-electron chi connectivity index (χ2n) is 6.32. The molecule has 0 rings (SSSR count). The minimum Gasteiger partial charge on any atom is -0.403 e. The van der Waals surface area contributed by atoms with E-state index in [1.165, 1.54) is 19.3 Å². The van der Waals surface area contributed by atoms with Crippen LogP contribution in [-0.2, 0) is 4.43 Å². The van der Waals surface area contributed by atoms with Crippen LogP contribution in [0.15, 0.2) is 0 Å². The Hall–Kier alpha value is 0.217. The number of halogens is 1. The highest BCUT2D eigenvalue weighted by Gasteiger charge is 2.38. The number of hydrogen-bond acceptors (Lipinski definition) is 1. The Morgan fingerprint density at radius 2 is 1.83 bits per heavy atom. The predicted molar refractivity (Wildman–Crippen MR) is 87.8 cm³/mol. The molecule has 0 aromatic rings. The minimum absolute atomic E-state index is 0.120. The first-order valence-electron chi connectivity index (χ1n) is 6.96. The number of unbranched alkanes of at least 4 members (excludes halogenated alkanes) is 2. The summed E-state index contributed by atoms with van der Waals surface area (Å²) in [5.41, 5.74) is 0. The fourth-order valence-corrected chi connectivity index (χ4v) is 2.83. The fraction of sp³-hybridized carbons (Fsp3) is 0.867. The lowest BCUT2D eigenvalue weighted by Gasteiger charge is -2.38. The average molecular weight is 333 g/mol. The lowest BCUT2D eigenvalue weighted by atomic mass is 10.1. The highest BCUT2D eigenvalue weighted by atomic mass is 79.9. The number of alkyl halides is 1. The largest absolute Gasteiger partial charge is 0.403 e. The zero-order valence-electron chi connectivity index (χ0n) is 12.9. The molecule has 0 unspecified atom stereocenters. The van der Waals surface area contributed by atoms with Gasteiger partial charge in [0.25, 0.3) is 0 Å². The number of rotatable bonds is 6. The van der Waals surface area contributed by atoms with E-state index in [0.717, 1.165) is 11.8 Å². The molecule has 0 radical (unpaired) electrons. The van der Waals surface area contributed by atoms with Gasteiger partial charge in [-0.1, -0.05) is 68.3 Å². The Labute approximate surface area is 123 Å². The Balaban J connectivity index is 4.58. The topological polar surface area (TPSA) is 9.23 Å². The summed E-state index contributed by atoms with van der Waals surface area (Å²) >= 11 is 3.36. The SMILES string of the molecule is CCCCC[C@@H](C#CCBr)O[Si](C)(C)C(C)(C)C. The lowest BCUT2D eigenvalue weighted by Crippen LogP contribution is -2.43. The molecule has 0 fully saturated rings. The third-order valence-electron chi connectivity index (χ3n) is 3.64. The van der Waals surface area contributed by atoms with Crippen LogP contribution in [0.25, 0.3) is 0 Å². The van der Waals surface area contributed by atoms with E-state index in [4.69, 9.17) is 4.43 Å². The van der Waals surface area contributed by atoms with Crippen molar-refractivity contribution in [2.45, 2.75) is 77.6 Å². The van der Waals surface area contributed by atoms with E-state index >= 15 is 0 Å². The molecule has 0 heterocycles. The molecule has 0 bridgehead atoms. The first-order chi connectivity index (χ1) is 8.24. The number of hydrogen-bond donors (Lipinski definition) is 0. The predicted octanol–water partition coefficient (Wildman–Crippen LogP) is 5.36. The molecule has 0 aromatic carbocycles. The van der Waals surface area contributed by atoms with Gasteiger partial charge < -0.3 is 4.43 Å². The molecule has 0 amide bonds. The third kappa shape index (κ3) is 6.97. The molecule has 0 N–H and O–H groups in total. The van der Waals surface area contributed by atoms with E-state index in [1.807, 2.05) is 0 Å². The van der Waals surface area contributed by atoms with Gasteiger partial charge in [0.2, 0.25) is 0 Å². The van der Waals surface area contributed by atoms with Gasteiger partial charge >= 0.3 is 0 Å². The monoisotopic (exact) mass is 332 g/mol. The zero-order valence-corrected chi connectivity index (χ0v) is 15.5. The normalized spacial score (nSPS) is 13.9. The molecule has 0 saturated carbocycles. The van der Waals surface area contributed by atoms with Gasteiger partial charge in [-0.05, 0) is 31.0 Å². The quantitative estimate of drug-likeness (QED) is 0.275. The van der Waals surface area contributed by atoms with Gasteiger partial charge in [-0.25, -0.2) is 0 Å². The van der Waals surface area contributed by atoms with E-state index in [1.54, 1.807) is 0 Å². The molecule has 0 aliphatic heterocycles. The van der Waals surface area contributed by atoms with Crippen molar-refractivity contribution in [3.05, 3.63) is 0 Å². The van der Waals surface area contributed by atoms with E-state index in [9.17, 15) is 0 Å². The molecule has 1 nitrogen and oxygen atoms in total. The molecule has 3 heteroatoms. The molecule has 18 heavy (non-hydrogen) atoms. The Bertz CT molecular complexity index is 283.